The van der Waals surface area contributed by atoms with Crippen LogP contribution in [0.5, 0.6) is 11.5 Å². The zero-order chi connectivity index (χ0) is 20.1. The number of esters is 1. The van der Waals surface area contributed by atoms with Crippen LogP contribution in [0.25, 0.3) is 0 Å². The maximum absolute atomic E-state index is 13.7. The number of rotatable bonds is 6. The molecule has 6 heteroatoms. The molecule has 0 heterocycles. The van der Waals surface area contributed by atoms with Crippen LogP contribution in [0.4, 0.5) is 8.78 Å². The monoisotopic (exact) mass is 382 g/mol. The molecule has 0 radical (unpaired) electrons. The lowest BCUT2D eigenvalue weighted by Crippen LogP contribution is -2.11. The third-order valence-electron chi connectivity index (χ3n) is 4.02. The second kappa shape index (κ2) is 8.43. The van der Waals surface area contributed by atoms with Crippen LogP contribution < -0.4 is 9.47 Å². The van der Waals surface area contributed by atoms with Crippen molar-refractivity contribution in [2.45, 2.75) is 6.42 Å². The predicted molar refractivity (Wildman–Crippen MR) is 98.6 cm³/mol. The largest absolute Gasteiger partial charge is 0.494 e. The summed E-state index contributed by atoms with van der Waals surface area (Å²) in [6.07, 6.45) is -0.114. The van der Waals surface area contributed by atoms with Crippen LogP contribution in [0, 0.1) is 11.6 Å². The molecule has 3 aromatic carbocycles. The number of methoxy groups -OCH3 is 1. The van der Waals surface area contributed by atoms with Gasteiger partial charge in [0.25, 0.3) is 0 Å². The number of carbonyl (C=O) groups is 2. The summed E-state index contributed by atoms with van der Waals surface area (Å²) < 4.78 is 36.7. The highest BCUT2D eigenvalue weighted by atomic mass is 19.1. The van der Waals surface area contributed by atoms with E-state index in [1.54, 1.807) is 6.07 Å². The summed E-state index contributed by atoms with van der Waals surface area (Å²) >= 11 is 0. The zero-order valence-electron chi connectivity index (χ0n) is 14.9. The summed E-state index contributed by atoms with van der Waals surface area (Å²) in [6.45, 7) is 0. The van der Waals surface area contributed by atoms with Gasteiger partial charge in [-0.3, -0.25) is 9.59 Å². The summed E-state index contributed by atoms with van der Waals surface area (Å²) in [6, 6.07) is 15.5. The van der Waals surface area contributed by atoms with Crippen molar-refractivity contribution in [3.63, 3.8) is 0 Å². The fourth-order valence-electron chi connectivity index (χ4n) is 2.60. The molecular weight excluding hydrogens is 366 g/mol. The first-order valence-electron chi connectivity index (χ1n) is 8.39. The van der Waals surface area contributed by atoms with Gasteiger partial charge in [-0.05, 0) is 66.2 Å². The highest BCUT2D eigenvalue weighted by molar-refractivity contribution is 6.09. The van der Waals surface area contributed by atoms with Gasteiger partial charge in [0.15, 0.2) is 17.3 Å². The van der Waals surface area contributed by atoms with Gasteiger partial charge in [0.1, 0.15) is 11.6 Å². The molecule has 0 saturated carbocycles. The van der Waals surface area contributed by atoms with Gasteiger partial charge >= 0.3 is 5.97 Å². The highest BCUT2D eigenvalue weighted by Gasteiger charge is 2.12. The minimum absolute atomic E-state index is 0.0959. The average Bonchev–Trinajstić information content (AvgIpc) is 2.69. The molecule has 0 unspecified atom stereocenters. The van der Waals surface area contributed by atoms with Gasteiger partial charge in [0, 0.05) is 11.1 Å². The second-order valence-corrected chi connectivity index (χ2v) is 5.98. The van der Waals surface area contributed by atoms with E-state index in [1.807, 2.05) is 0 Å². The van der Waals surface area contributed by atoms with E-state index in [0.29, 0.717) is 16.7 Å². The molecule has 0 spiro atoms. The fraction of sp³-hybridized carbons (Fsp3) is 0.0909. The Morgan fingerprint density at radius 2 is 1.46 bits per heavy atom. The Morgan fingerprint density at radius 3 is 2.04 bits per heavy atom. The zero-order valence-corrected chi connectivity index (χ0v) is 14.9. The predicted octanol–water partition coefficient (Wildman–Crippen LogP) is 4.35. The van der Waals surface area contributed by atoms with Crippen LogP contribution in [0.2, 0.25) is 0 Å². The van der Waals surface area contributed by atoms with Crippen molar-refractivity contribution < 1.29 is 27.8 Å². The van der Waals surface area contributed by atoms with E-state index in [4.69, 9.17) is 9.47 Å². The Kier molecular flexibility index (Phi) is 5.79. The van der Waals surface area contributed by atoms with E-state index in [-0.39, 0.29) is 23.7 Å². The number of carbonyl (C=O) groups excluding carboxylic acids is 2. The Bertz CT molecular complexity index is 996. The lowest BCUT2D eigenvalue weighted by molar-refractivity contribution is -0.133. The maximum atomic E-state index is 13.7. The van der Waals surface area contributed by atoms with E-state index in [2.05, 4.69) is 0 Å². The van der Waals surface area contributed by atoms with Crippen molar-refractivity contribution in [1.29, 1.82) is 0 Å². The molecule has 0 fully saturated rings. The van der Waals surface area contributed by atoms with Gasteiger partial charge in [-0.15, -0.1) is 0 Å². The number of benzene rings is 3. The Hall–Kier alpha value is -3.54. The molecule has 0 amide bonds. The molecule has 0 atom stereocenters. The molecule has 0 aromatic heterocycles. The lowest BCUT2D eigenvalue weighted by atomic mass is 10.0. The van der Waals surface area contributed by atoms with Crippen LogP contribution in [-0.4, -0.2) is 18.9 Å². The summed E-state index contributed by atoms with van der Waals surface area (Å²) in [5, 5.41) is 0. The normalized spacial score (nSPS) is 10.4. The SMILES string of the molecule is COc1ccc(CC(=O)Oc2ccc(C(=O)c3ccc(F)cc3)cc2)cc1F. The number of ether oxygens (including phenoxy) is 2. The van der Waals surface area contributed by atoms with Gasteiger partial charge in [-0.1, -0.05) is 6.07 Å². The topological polar surface area (TPSA) is 52.6 Å². The first-order chi connectivity index (χ1) is 13.5. The summed E-state index contributed by atoms with van der Waals surface area (Å²) in [5.74, 6) is -1.46. The fourth-order valence-corrected chi connectivity index (χ4v) is 2.60. The van der Waals surface area contributed by atoms with Crippen LogP contribution in [-0.2, 0) is 11.2 Å². The van der Waals surface area contributed by atoms with E-state index in [0.717, 1.165) is 0 Å². The molecule has 142 valence electrons. The number of hydrogen-bond donors (Lipinski definition) is 0. The van der Waals surface area contributed by atoms with Gasteiger partial charge < -0.3 is 9.47 Å². The summed E-state index contributed by atoms with van der Waals surface area (Å²) in [5.41, 5.74) is 1.18. The van der Waals surface area contributed by atoms with Gasteiger partial charge in [0.2, 0.25) is 0 Å². The number of hydrogen-bond acceptors (Lipinski definition) is 4. The molecule has 0 bridgehead atoms. The average molecular weight is 382 g/mol. The molecule has 0 aliphatic heterocycles. The van der Waals surface area contributed by atoms with E-state index < -0.39 is 17.6 Å². The minimum Gasteiger partial charge on any atom is -0.494 e. The van der Waals surface area contributed by atoms with Crippen LogP contribution in [0.15, 0.2) is 66.7 Å². The molecule has 4 nitrogen and oxygen atoms in total. The van der Waals surface area contributed by atoms with Gasteiger partial charge in [-0.25, -0.2) is 8.78 Å². The van der Waals surface area contributed by atoms with Crippen molar-refractivity contribution >= 4 is 11.8 Å². The van der Waals surface area contributed by atoms with Crippen molar-refractivity contribution in [3.8, 4) is 11.5 Å². The molecule has 0 saturated heterocycles. The van der Waals surface area contributed by atoms with Crippen LogP contribution in [0.1, 0.15) is 21.5 Å². The van der Waals surface area contributed by atoms with Crippen LogP contribution in [0.3, 0.4) is 0 Å². The van der Waals surface area contributed by atoms with Crippen molar-refractivity contribution in [2.75, 3.05) is 7.11 Å². The number of ketones is 1. The molecule has 0 N–H and O–H groups in total. The van der Waals surface area contributed by atoms with E-state index in [9.17, 15) is 18.4 Å². The molecule has 3 aromatic rings. The van der Waals surface area contributed by atoms with Crippen LogP contribution >= 0.6 is 0 Å². The smallest absolute Gasteiger partial charge is 0.315 e. The Balaban J connectivity index is 1.63. The van der Waals surface area contributed by atoms with Gasteiger partial charge in [-0.2, -0.15) is 0 Å². The first-order valence-corrected chi connectivity index (χ1v) is 8.39. The molecule has 3 rings (SSSR count). The number of halogens is 2. The third kappa shape index (κ3) is 4.59. The molecular formula is C22H16F2O4. The van der Waals surface area contributed by atoms with Crippen molar-refractivity contribution in [3.05, 3.63) is 95.1 Å². The minimum atomic E-state index is -0.567. The van der Waals surface area contributed by atoms with E-state index in [1.165, 1.54) is 67.8 Å². The molecule has 0 aliphatic carbocycles. The third-order valence-corrected chi connectivity index (χ3v) is 4.02. The summed E-state index contributed by atoms with van der Waals surface area (Å²) in [4.78, 5) is 24.4. The molecule has 0 aliphatic rings. The Morgan fingerprint density at radius 1 is 0.857 bits per heavy atom. The lowest BCUT2D eigenvalue weighted by Gasteiger charge is -2.07. The molecule has 28 heavy (non-hydrogen) atoms. The summed E-state index contributed by atoms with van der Waals surface area (Å²) in [7, 11) is 1.36. The Labute approximate surface area is 160 Å². The second-order valence-electron chi connectivity index (χ2n) is 5.98. The first kappa shape index (κ1) is 19.2. The van der Waals surface area contributed by atoms with E-state index >= 15 is 0 Å². The van der Waals surface area contributed by atoms with Crippen molar-refractivity contribution in [1.82, 2.24) is 0 Å². The van der Waals surface area contributed by atoms with Gasteiger partial charge in [0.05, 0.1) is 13.5 Å². The maximum Gasteiger partial charge on any atom is 0.315 e. The quantitative estimate of drug-likeness (QED) is 0.361. The highest BCUT2D eigenvalue weighted by Crippen LogP contribution is 2.19. The van der Waals surface area contributed by atoms with Crippen molar-refractivity contribution in [2.24, 2.45) is 0 Å². The standard InChI is InChI=1S/C22H16F2O4/c1-27-20-11-2-14(12-19(20)24)13-21(25)28-18-9-5-16(6-10-18)22(26)15-3-7-17(23)8-4-15/h2-12H,13H2,1H3.